The van der Waals surface area contributed by atoms with E-state index < -0.39 is 5.97 Å². The Hall–Kier alpha value is -0.180. The molecule has 0 saturated heterocycles. The van der Waals surface area contributed by atoms with E-state index in [1.165, 1.54) is 64.2 Å². The molecular weight excluding hydrogens is 268 g/mol. The number of thioether (sulfide) groups is 1. The van der Waals surface area contributed by atoms with E-state index in [0.29, 0.717) is 11.7 Å². The van der Waals surface area contributed by atoms with Gasteiger partial charge in [0.05, 0.1) is 6.42 Å². The highest BCUT2D eigenvalue weighted by Crippen LogP contribution is 2.21. The Morgan fingerprint density at radius 1 is 0.900 bits per heavy atom. The molecule has 0 aliphatic rings. The second-order valence-electron chi connectivity index (χ2n) is 5.65. The average Bonchev–Trinajstić information content (AvgIpc) is 2.40. The van der Waals surface area contributed by atoms with Crippen LogP contribution in [0.3, 0.4) is 0 Å². The van der Waals surface area contributed by atoms with Gasteiger partial charge < -0.3 is 5.11 Å². The highest BCUT2D eigenvalue weighted by Gasteiger charge is 2.12. The van der Waals surface area contributed by atoms with Gasteiger partial charge in [-0.2, -0.15) is 11.8 Å². The van der Waals surface area contributed by atoms with Gasteiger partial charge in [-0.1, -0.05) is 78.1 Å². The molecule has 0 aromatic rings. The van der Waals surface area contributed by atoms with E-state index in [9.17, 15) is 4.79 Å². The minimum Gasteiger partial charge on any atom is -0.481 e. The van der Waals surface area contributed by atoms with Crippen molar-refractivity contribution in [2.45, 2.75) is 96.1 Å². The molecule has 0 rings (SSSR count). The summed E-state index contributed by atoms with van der Waals surface area (Å²) in [6.07, 6.45) is 14.9. The van der Waals surface area contributed by atoms with Crippen LogP contribution in [0.2, 0.25) is 0 Å². The molecule has 1 unspecified atom stereocenters. The molecule has 0 aromatic carbocycles. The van der Waals surface area contributed by atoms with Crippen molar-refractivity contribution in [2.75, 3.05) is 5.75 Å². The predicted molar refractivity (Wildman–Crippen MR) is 90.6 cm³/mol. The quantitative estimate of drug-likeness (QED) is 0.383. The molecule has 1 N–H and O–H groups in total. The van der Waals surface area contributed by atoms with Gasteiger partial charge in [0.25, 0.3) is 0 Å². The van der Waals surface area contributed by atoms with E-state index in [1.807, 2.05) is 0 Å². The molecule has 2 nitrogen and oxygen atoms in total. The molecule has 3 heteroatoms. The van der Waals surface area contributed by atoms with Gasteiger partial charge in [0, 0.05) is 5.25 Å². The van der Waals surface area contributed by atoms with Crippen molar-refractivity contribution in [2.24, 2.45) is 0 Å². The zero-order chi connectivity index (χ0) is 15.1. The van der Waals surface area contributed by atoms with Crippen LogP contribution in [-0.2, 0) is 4.79 Å². The number of carboxylic acids is 1. The smallest absolute Gasteiger partial charge is 0.304 e. The summed E-state index contributed by atoms with van der Waals surface area (Å²) in [4.78, 5) is 10.8. The zero-order valence-corrected chi connectivity index (χ0v) is 14.3. The normalized spacial score (nSPS) is 12.5. The van der Waals surface area contributed by atoms with E-state index >= 15 is 0 Å². The Kier molecular flexibility index (Phi) is 15.1. The summed E-state index contributed by atoms with van der Waals surface area (Å²) >= 11 is 1.80. The highest BCUT2D eigenvalue weighted by molar-refractivity contribution is 7.99. The van der Waals surface area contributed by atoms with Crippen LogP contribution in [0, 0.1) is 0 Å². The summed E-state index contributed by atoms with van der Waals surface area (Å²) in [6, 6.07) is 0. The van der Waals surface area contributed by atoms with Crippen molar-refractivity contribution >= 4 is 17.7 Å². The maximum atomic E-state index is 10.8. The van der Waals surface area contributed by atoms with E-state index in [-0.39, 0.29) is 0 Å². The van der Waals surface area contributed by atoms with Crippen molar-refractivity contribution in [3.05, 3.63) is 0 Å². The van der Waals surface area contributed by atoms with Crippen molar-refractivity contribution in [1.82, 2.24) is 0 Å². The number of rotatable bonds is 15. The lowest BCUT2D eigenvalue weighted by Crippen LogP contribution is -2.10. The number of hydrogen-bond acceptors (Lipinski definition) is 2. The van der Waals surface area contributed by atoms with Crippen LogP contribution in [0.5, 0.6) is 0 Å². The van der Waals surface area contributed by atoms with Crippen molar-refractivity contribution in [3.63, 3.8) is 0 Å². The molecule has 0 radical (unpaired) electrons. The summed E-state index contributed by atoms with van der Waals surface area (Å²) in [5, 5.41) is 9.18. The second kappa shape index (κ2) is 15.2. The van der Waals surface area contributed by atoms with Gasteiger partial charge in [-0.15, -0.1) is 0 Å². The molecule has 120 valence electrons. The SMILES string of the molecule is CCCCCCCCCCCCC(CC(=O)O)SCC. The summed E-state index contributed by atoms with van der Waals surface area (Å²) in [5.74, 6) is 0.374. The fraction of sp³-hybridized carbons (Fsp3) is 0.941. The number of aliphatic carboxylic acids is 1. The Labute approximate surface area is 130 Å². The molecule has 0 spiro atoms. The molecular formula is C17H34O2S. The van der Waals surface area contributed by atoms with Gasteiger partial charge in [-0.3, -0.25) is 4.79 Å². The minimum atomic E-state index is -0.650. The van der Waals surface area contributed by atoms with Crippen LogP contribution >= 0.6 is 11.8 Å². The molecule has 0 saturated carbocycles. The Morgan fingerprint density at radius 2 is 1.40 bits per heavy atom. The number of carboxylic acid groups (broad SMARTS) is 1. The fourth-order valence-electron chi connectivity index (χ4n) is 2.53. The van der Waals surface area contributed by atoms with E-state index in [4.69, 9.17) is 5.11 Å². The van der Waals surface area contributed by atoms with Crippen LogP contribution in [0.1, 0.15) is 90.9 Å². The molecule has 0 bridgehead atoms. The molecule has 0 aliphatic heterocycles. The third kappa shape index (κ3) is 14.2. The van der Waals surface area contributed by atoms with Crippen LogP contribution in [-0.4, -0.2) is 22.1 Å². The van der Waals surface area contributed by atoms with Gasteiger partial charge in [0.2, 0.25) is 0 Å². The van der Waals surface area contributed by atoms with Gasteiger partial charge >= 0.3 is 5.97 Å². The van der Waals surface area contributed by atoms with Crippen molar-refractivity contribution in [1.29, 1.82) is 0 Å². The first-order valence-electron chi connectivity index (χ1n) is 8.54. The second-order valence-corrected chi connectivity index (χ2v) is 7.22. The van der Waals surface area contributed by atoms with Gasteiger partial charge in [-0.05, 0) is 12.2 Å². The standard InChI is InChI=1S/C17H34O2S/c1-3-5-6-7-8-9-10-11-12-13-14-16(20-4-2)15-17(18)19/h16H,3-15H2,1-2H3,(H,18,19). The molecule has 1 atom stereocenters. The first kappa shape index (κ1) is 19.8. The van der Waals surface area contributed by atoms with Crippen molar-refractivity contribution < 1.29 is 9.90 Å². The fourth-order valence-corrected chi connectivity index (χ4v) is 3.60. The van der Waals surface area contributed by atoms with Crippen LogP contribution < -0.4 is 0 Å². The molecule has 0 amide bonds. The Morgan fingerprint density at radius 3 is 1.85 bits per heavy atom. The van der Waals surface area contributed by atoms with Crippen LogP contribution in [0.15, 0.2) is 0 Å². The minimum absolute atomic E-state index is 0.326. The third-order valence-corrected chi connectivity index (χ3v) is 4.89. The van der Waals surface area contributed by atoms with Crippen LogP contribution in [0.4, 0.5) is 0 Å². The molecule has 0 heterocycles. The lowest BCUT2D eigenvalue weighted by atomic mass is 10.0. The van der Waals surface area contributed by atoms with Gasteiger partial charge in [0.15, 0.2) is 0 Å². The summed E-state index contributed by atoms with van der Waals surface area (Å²) in [5.41, 5.74) is 0. The average molecular weight is 303 g/mol. The first-order chi connectivity index (χ1) is 9.70. The lowest BCUT2D eigenvalue weighted by molar-refractivity contribution is -0.137. The van der Waals surface area contributed by atoms with Crippen LogP contribution in [0.25, 0.3) is 0 Å². The third-order valence-electron chi connectivity index (χ3n) is 3.68. The number of carbonyl (C=O) groups is 1. The van der Waals surface area contributed by atoms with Gasteiger partial charge in [0.1, 0.15) is 0 Å². The van der Waals surface area contributed by atoms with Gasteiger partial charge in [-0.25, -0.2) is 0 Å². The highest BCUT2D eigenvalue weighted by atomic mass is 32.2. The summed E-state index contributed by atoms with van der Waals surface area (Å²) < 4.78 is 0. The largest absolute Gasteiger partial charge is 0.481 e. The first-order valence-corrected chi connectivity index (χ1v) is 9.59. The maximum Gasteiger partial charge on any atom is 0.304 e. The monoisotopic (exact) mass is 302 g/mol. The molecule has 20 heavy (non-hydrogen) atoms. The number of unbranched alkanes of at least 4 members (excludes halogenated alkanes) is 9. The molecule has 0 aliphatic carbocycles. The van der Waals surface area contributed by atoms with E-state index in [2.05, 4.69) is 13.8 Å². The Balaban J connectivity index is 3.34. The topological polar surface area (TPSA) is 37.3 Å². The van der Waals surface area contributed by atoms with E-state index in [1.54, 1.807) is 11.8 Å². The van der Waals surface area contributed by atoms with E-state index in [0.717, 1.165) is 12.2 Å². The molecule has 0 aromatic heterocycles. The zero-order valence-electron chi connectivity index (χ0n) is 13.5. The maximum absolute atomic E-state index is 10.8. The predicted octanol–water partition coefficient (Wildman–Crippen LogP) is 5.89. The molecule has 0 fully saturated rings. The van der Waals surface area contributed by atoms with Crippen molar-refractivity contribution in [3.8, 4) is 0 Å². The lowest BCUT2D eigenvalue weighted by Gasteiger charge is -2.13. The Bertz CT molecular complexity index is 219. The summed E-state index contributed by atoms with van der Waals surface area (Å²) in [7, 11) is 0. The number of hydrogen-bond donors (Lipinski definition) is 1. The summed E-state index contributed by atoms with van der Waals surface area (Å²) in [6.45, 7) is 4.37.